The SMILES string of the molecule is COCC(NC(=O)CCCCOc1ccc(Br)cc1)C(=O)O. The lowest BCUT2D eigenvalue weighted by Gasteiger charge is -2.13. The van der Waals surface area contributed by atoms with Gasteiger partial charge in [-0.05, 0) is 37.1 Å². The molecule has 0 aliphatic carbocycles. The number of carboxylic acid groups (broad SMARTS) is 1. The Kier molecular flexibility index (Phi) is 8.54. The molecular formula is C15H20BrNO5. The molecule has 22 heavy (non-hydrogen) atoms. The predicted molar refractivity (Wildman–Crippen MR) is 84.9 cm³/mol. The highest BCUT2D eigenvalue weighted by Crippen LogP contribution is 2.16. The van der Waals surface area contributed by atoms with Crippen molar-refractivity contribution in [2.75, 3.05) is 20.3 Å². The lowest BCUT2D eigenvalue weighted by Crippen LogP contribution is -2.43. The van der Waals surface area contributed by atoms with Gasteiger partial charge in [-0.15, -0.1) is 0 Å². The molecule has 2 N–H and O–H groups in total. The van der Waals surface area contributed by atoms with Crippen molar-refractivity contribution in [3.05, 3.63) is 28.7 Å². The van der Waals surface area contributed by atoms with Crippen molar-refractivity contribution in [3.63, 3.8) is 0 Å². The molecule has 0 saturated carbocycles. The molecule has 0 saturated heterocycles. The van der Waals surface area contributed by atoms with E-state index in [1.54, 1.807) is 0 Å². The Morgan fingerprint density at radius 3 is 2.55 bits per heavy atom. The summed E-state index contributed by atoms with van der Waals surface area (Å²) >= 11 is 3.34. The first-order chi connectivity index (χ1) is 10.5. The molecule has 0 aliphatic heterocycles. The number of methoxy groups -OCH3 is 1. The highest BCUT2D eigenvalue weighted by molar-refractivity contribution is 9.10. The smallest absolute Gasteiger partial charge is 0.328 e. The van der Waals surface area contributed by atoms with E-state index in [-0.39, 0.29) is 18.9 Å². The van der Waals surface area contributed by atoms with Crippen LogP contribution in [0, 0.1) is 0 Å². The molecule has 0 aromatic heterocycles. The van der Waals surface area contributed by atoms with Gasteiger partial charge in [0.1, 0.15) is 5.75 Å². The number of ether oxygens (including phenoxy) is 2. The van der Waals surface area contributed by atoms with Gasteiger partial charge < -0.3 is 19.9 Å². The first kappa shape index (κ1) is 18.4. The van der Waals surface area contributed by atoms with Crippen LogP contribution in [0.3, 0.4) is 0 Å². The lowest BCUT2D eigenvalue weighted by atomic mass is 10.2. The maximum Gasteiger partial charge on any atom is 0.328 e. The number of hydrogen-bond acceptors (Lipinski definition) is 4. The molecule has 0 fully saturated rings. The number of rotatable bonds is 10. The van der Waals surface area contributed by atoms with Crippen molar-refractivity contribution in [2.45, 2.75) is 25.3 Å². The fraction of sp³-hybridized carbons (Fsp3) is 0.467. The average molecular weight is 374 g/mol. The maximum absolute atomic E-state index is 11.6. The van der Waals surface area contributed by atoms with Crippen LogP contribution in [0.25, 0.3) is 0 Å². The maximum atomic E-state index is 11.6. The molecule has 0 radical (unpaired) electrons. The molecule has 6 nitrogen and oxygen atoms in total. The van der Waals surface area contributed by atoms with Crippen LogP contribution in [0.2, 0.25) is 0 Å². The minimum atomic E-state index is -1.10. The molecule has 7 heteroatoms. The van der Waals surface area contributed by atoms with Crippen LogP contribution < -0.4 is 10.1 Å². The van der Waals surface area contributed by atoms with Gasteiger partial charge in [0.05, 0.1) is 13.2 Å². The number of benzene rings is 1. The van der Waals surface area contributed by atoms with Crippen LogP contribution in [0.4, 0.5) is 0 Å². The van der Waals surface area contributed by atoms with Crippen molar-refractivity contribution in [2.24, 2.45) is 0 Å². The van der Waals surface area contributed by atoms with E-state index in [1.165, 1.54) is 7.11 Å². The first-order valence-electron chi connectivity index (χ1n) is 6.92. The van der Waals surface area contributed by atoms with E-state index in [0.29, 0.717) is 19.4 Å². The topological polar surface area (TPSA) is 84.9 Å². The van der Waals surface area contributed by atoms with Gasteiger partial charge in [0.25, 0.3) is 0 Å². The van der Waals surface area contributed by atoms with Crippen LogP contribution in [0.15, 0.2) is 28.7 Å². The average Bonchev–Trinajstić information content (AvgIpc) is 2.48. The molecule has 1 atom stereocenters. The molecular weight excluding hydrogens is 354 g/mol. The Hall–Kier alpha value is -1.60. The van der Waals surface area contributed by atoms with Crippen molar-refractivity contribution >= 4 is 27.8 Å². The molecule has 1 amide bonds. The van der Waals surface area contributed by atoms with Crippen LogP contribution in [-0.4, -0.2) is 43.3 Å². The van der Waals surface area contributed by atoms with Crippen molar-refractivity contribution < 1.29 is 24.2 Å². The summed E-state index contributed by atoms with van der Waals surface area (Å²) in [5.74, 6) is -0.624. The third kappa shape index (κ3) is 7.42. The Bertz CT molecular complexity index is 477. The van der Waals surface area contributed by atoms with Gasteiger partial charge in [-0.2, -0.15) is 0 Å². The second kappa shape index (κ2) is 10.2. The zero-order valence-corrected chi connectivity index (χ0v) is 14.0. The molecule has 1 rings (SSSR count). The largest absolute Gasteiger partial charge is 0.494 e. The summed E-state index contributed by atoms with van der Waals surface area (Å²) in [5, 5.41) is 11.3. The van der Waals surface area contributed by atoms with Crippen LogP contribution in [-0.2, 0) is 14.3 Å². The van der Waals surface area contributed by atoms with E-state index in [2.05, 4.69) is 21.2 Å². The molecule has 1 aromatic rings. The Morgan fingerprint density at radius 2 is 1.95 bits per heavy atom. The molecule has 122 valence electrons. The predicted octanol–water partition coefficient (Wildman–Crippen LogP) is 2.21. The molecule has 1 aromatic carbocycles. The third-order valence-electron chi connectivity index (χ3n) is 2.85. The van der Waals surface area contributed by atoms with Gasteiger partial charge in [0.15, 0.2) is 6.04 Å². The van der Waals surface area contributed by atoms with E-state index in [0.717, 1.165) is 10.2 Å². The molecule has 0 bridgehead atoms. The normalized spacial score (nSPS) is 11.7. The monoisotopic (exact) mass is 373 g/mol. The van der Waals surface area contributed by atoms with E-state index >= 15 is 0 Å². The van der Waals surface area contributed by atoms with Crippen molar-refractivity contribution in [3.8, 4) is 5.75 Å². The van der Waals surface area contributed by atoms with E-state index < -0.39 is 12.0 Å². The highest BCUT2D eigenvalue weighted by atomic mass is 79.9. The van der Waals surface area contributed by atoms with Crippen molar-refractivity contribution in [1.82, 2.24) is 5.32 Å². The van der Waals surface area contributed by atoms with Gasteiger partial charge in [-0.25, -0.2) is 4.79 Å². The van der Waals surface area contributed by atoms with Gasteiger partial charge in [0.2, 0.25) is 5.91 Å². The second-order valence-electron chi connectivity index (χ2n) is 4.67. The molecule has 0 heterocycles. The minimum absolute atomic E-state index is 0.0479. The molecule has 1 unspecified atom stereocenters. The van der Waals surface area contributed by atoms with Gasteiger partial charge in [-0.1, -0.05) is 15.9 Å². The first-order valence-corrected chi connectivity index (χ1v) is 7.71. The van der Waals surface area contributed by atoms with Gasteiger partial charge >= 0.3 is 5.97 Å². The summed E-state index contributed by atoms with van der Waals surface area (Å²) in [6, 6.07) is 6.50. The number of aliphatic carboxylic acids is 1. The zero-order chi connectivity index (χ0) is 16.4. The Balaban J connectivity index is 2.16. The third-order valence-corrected chi connectivity index (χ3v) is 3.38. The fourth-order valence-corrected chi connectivity index (χ4v) is 1.98. The van der Waals surface area contributed by atoms with Crippen LogP contribution in [0.5, 0.6) is 5.75 Å². The standard InChI is InChI=1S/C15H20BrNO5/c1-21-10-13(15(19)20)17-14(18)4-2-3-9-22-12-7-5-11(16)6-8-12/h5-8,13H,2-4,9-10H2,1H3,(H,17,18)(H,19,20). The summed E-state index contributed by atoms with van der Waals surface area (Å²) in [7, 11) is 1.39. The number of carbonyl (C=O) groups excluding carboxylic acids is 1. The van der Waals surface area contributed by atoms with Gasteiger partial charge in [0, 0.05) is 18.0 Å². The number of unbranched alkanes of at least 4 members (excludes halogenated alkanes) is 1. The van der Waals surface area contributed by atoms with Crippen LogP contribution in [0.1, 0.15) is 19.3 Å². The number of carbonyl (C=O) groups is 2. The number of halogens is 1. The fourth-order valence-electron chi connectivity index (χ4n) is 1.72. The highest BCUT2D eigenvalue weighted by Gasteiger charge is 2.19. The Morgan fingerprint density at radius 1 is 1.27 bits per heavy atom. The van der Waals surface area contributed by atoms with E-state index in [9.17, 15) is 9.59 Å². The van der Waals surface area contributed by atoms with Crippen LogP contribution >= 0.6 is 15.9 Å². The summed E-state index contributed by atoms with van der Waals surface area (Å²) < 4.78 is 11.3. The summed E-state index contributed by atoms with van der Waals surface area (Å²) in [5.41, 5.74) is 0. The molecule has 0 aliphatic rings. The lowest BCUT2D eigenvalue weighted by molar-refractivity contribution is -0.143. The summed E-state index contributed by atoms with van der Waals surface area (Å²) in [6.07, 6.45) is 1.60. The second-order valence-corrected chi connectivity index (χ2v) is 5.59. The Labute approximate surface area is 137 Å². The molecule has 0 spiro atoms. The van der Waals surface area contributed by atoms with E-state index in [4.69, 9.17) is 14.6 Å². The number of carboxylic acids is 1. The number of hydrogen-bond donors (Lipinski definition) is 2. The number of nitrogens with one attached hydrogen (secondary N) is 1. The van der Waals surface area contributed by atoms with Gasteiger partial charge in [-0.3, -0.25) is 4.79 Å². The van der Waals surface area contributed by atoms with E-state index in [1.807, 2.05) is 24.3 Å². The zero-order valence-electron chi connectivity index (χ0n) is 12.4. The summed E-state index contributed by atoms with van der Waals surface area (Å²) in [6.45, 7) is 0.461. The van der Waals surface area contributed by atoms with Crippen molar-refractivity contribution in [1.29, 1.82) is 0 Å². The minimum Gasteiger partial charge on any atom is -0.494 e. The number of amides is 1. The summed E-state index contributed by atoms with van der Waals surface area (Å²) in [4.78, 5) is 22.5. The quantitative estimate of drug-likeness (QED) is 0.614.